The third kappa shape index (κ3) is 3.29. The highest BCUT2D eigenvalue weighted by molar-refractivity contribution is 7.89. The molecule has 1 saturated heterocycles. The van der Waals surface area contributed by atoms with Crippen LogP contribution < -0.4 is 9.47 Å². The average molecular weight is 378 g/mol. The van der Waals surface area contributed by atoms with Gasteiger partial charge in [0.05, 0.1) is 6.20 Å². The predicted molar refractivity (Wildman–Crippen MR) is 94.5 cm³/mol. The minimum atomic E-state index is -3.47. The van der Waals surface area contributed by atoms with E-state index in [1.807, 2.05) is 25.1 Å². The molecule has 0 atom stereocenters. The van der Waals surface area contributed by atoms with Crippen LogP contribution in [-0.4, -0.2) is 60.4 Å². The smallest absolute Gasteiger partial charge is 0.246 e. The number of rotatable bonds is 5. The second-order valence-electron chi connectivity index (χ2n) is 6.40. The molecule has 3 heterocycles. The molecule has 26 heavy (non-hydrogen) atoms. The minimum Gasteiger partial charge on any atom is -0.454 e. The largest absolute Gasteiger partial charge is 0.454 e. The Kier molecular flexibility index (Phi) is 4.60. The highest BCUT2D eigenvalue weighted by atomic mass is 32.2. The summed E-state index contributed by atoms with van der Waals surface area (Å²) in [5.41, 5.74) is 1.13. The van der Waals surface area contributed by atoms with Gasteiger partial charge in [-0.1, -0.05) is 6.07 Å². The summed E-state index contributed by atoms with van der Waals surface area (Å²) in [4.78, 5) is 2.52. The van der Waals surface area contributed by atoms with Crippen molar-refractivity contribution in [1.29, 1.82) is 0 Å². The first-order valence-electron chi connectivity index (χ1n) is 8.70. The van der Waals surface area contributed by atoms with E-state index in [-0.39, 0.29) is 11.7 Å². The number of aromatic nitrogens is 2. The molecule has 1 aromatic heterocycles. The molecule has 0 unspecified atom stereocenters. The van der Waals surface area contributed by atoms with E-state index in [0.29, 0.717) is 32.7 Å². The summed E-state index contributed by atoms with van der Waals surface area (Å²) in [5.74, 6) is 1.55. The van der Waals surface area contributed by atoms with Crippen molar-refractivity contribution in [1.82, 2.24) is 19.0 Å². The van der Waals surface area contributed by atoms with E-state index >= 15 is 0 Å². The summed E-state index contributed by atoms with van der Waals surface area (Å²) in [7, 11) is -3.47. The Labute approximate surface area is 153 Å². The normalized spacial score (nSPS) is 18.3. The van der Waals surface area contributed by atoms with Crippen molar-refractivity contribution in [2.45, 2.75) is 24.9 Å². The van der Waals surface area contributed by atoms with Gasteiger partial charge in [-0.25, -0.2) is 8.42 Å². The lowest BCUT2D eigenvalue weighted by Crippen LogP contribution is -2.48. The van der Waals surface area contributed by atoms with E-state index in [9.17, 15) is 8.42 Å². The molecule has 0 bridgehead atoms. The van der Waals surface area contributed by atoms with Gasteiger partial charge in [0.25, 0.3) is 0 Å². The van der Waals surface area contributed by atoms with E-state index in [1.165, 1.54) is 6.20 Å². The first kappa shape index (κ1) is 17.3. The number of aryl methyl sites for hydroxylation is 1. The summed E-state index contributed by atoms with van der Waals surface area (Å²) in [5, 5.41) is 4.07. The highest BCUT2D eigenvalue weighted by Crippen LogP contribution is 2.33. The number of fused-ring (bicyclic) bond motifs is 1. The Morgan fingerprint density at radius 2 is 1.88 bits per heavy atom. The zero-order valence-electron chi connectivity index (χ0n) is 14.7. The Morgan fingerprint density at radius 1 is 1.12 bits per heavy atom. The van der Waals surface area contributed by atoms with Crippen LogP contribution in [0, 0.1) is 0 Å². The van der Waals surface area contributed by atoms with Crippen LogP contribution in [0.15, 0.2) is 35.5 Å². The van der Waals surface area contributed by atoms with Crippen LogP contribution in [0.25, 0.3) is 0 Å². The standard InChI is InChI=1S/C17H22N4O4S/c1-2-20-12-15(10-18-20)26(22,23)21-7-5-19(6-8-21)11-14-3-4-16-17(9-14)25-13-24-16/h3-4,9-10,12H,2,5-8,11,13H2,1H3. The van der Waals surface area contributed by atoms with Crippen molar-refractivity contribution in [3.63, 3.8) is 0 Å². The molecular formula is C17H22N4O4S. The van der Waals surface area contributed by atoms with E-state index in [4.69, 9.17) is 9.47 Å². The lowest BCUT2D eigenvalue weighted by Gasteiger charge is -2.33. The van der Waals surface area contributed by atoms with Crippen molar-refractivity contribution in [2.24, 2.45) is 0 Å². The van der Waals surface area contributed by atoms with Crippen molar-refractivity contribution in [2.75, 3.05) is 33.0 Å². The SMILES string of the molecule is CCn1cc(S(=O)(=O)N2CCN(Cc3ccc4c(c3)OCO4)CC2)cn1. The maximum absolute atomic E-state index is 12.7. The first-order chi connectivity index (χ1) is 12.6. The number of nitrogens with zero attached hydrogens (tertiary/aromatic N) is 4. The number of piperazine rings is 1. The van der Waals surface area contributed by atoms with Gasteiger partial charge in [0.1, 0.15) is 4.90 Å². The maximum atomic E-state index is 12.7. The molecule has 0 spiro atoms. The van der Waals surface area contributed by atoms with Gasteiger partial charge in [0.2, 0.25) is 16.8 Å². The van der Waals surface area contributed by atoms with Crippen molar-refractivity contribution < 1.29 is 17.9 Å². The number of ether oxygens (including phenoxy) is 2. The number of benzene rings is 1. The topological polar surface area (TPSA) is 76.9 Å². The molecule has 0 aliphatic carbocycles. The molecule has 0 N–H and O–H groups in total. The van der Waals surface area contributed by atoms with Crippen LogP contribution in [0.2, 0.25) is 0 Å². The molecule has 9 heteroatoms. The van der Waals surface area contributed by atoms with Gasteiger partial charge in [0, 0.05) is 45.5 Å². The van der Waals surface area contributed by atoms with Gasteiger partial charge in [-0.15, -0.1) is 0 Å². The Hall–Kier alpha value is -2.10. The van der Waals surface area contributed by atoms with E-state index in [0.717, 1.165) is 23.6 Å². The van der Waals surface area contributed by atoms with Crippen LogP contribution in [-0.2, 0) is 23.1 Å². The quantitative estimate of drug-likeness (QED) is 0.777. The number of hydrogen-bond acceptors (Lipinski definition) is 6. The lowest BCUT2D eigenvalue weighted by molar-refractivity contribution is 0.173. The van der Waals surface area contributed by atoms with Crippen molar-refractivity contribution >= 4 is 10.0 Å². The minimum absolute atomic E-state index is 0.267. The van der Waals surface area contributed by atoms with Gasteiger partial charge >= 0.3 is 0 Å². The molecule has 1 aromatic carbocycles. The molecule has 8 nitrogen and oxygen atoms in total. The number of hydrogen-bond donors (Lipinski definition) is 0. The van der Waals surface area contributed by atoms with Crippen LogP contribution in [0.5, 0.6) is 11.5 Å². The Bertz CT molecular complexity index is 888. The van der Waals surface area contributed by atoms with Crippen molar-refractivity contribution in [3.05, 3.63) is 36.2 Å². The lowest BCUT2D eigenvalue weighted by atomic mass is 10.2. The summed E-state index contributed by atoms with van der Waals surface area (Å²) in [6.07, 6.45) is 3.02. The fraction of sp³-hybridized carbons (Fsp3) is 0.471. The second-order valence-corrected chi connectivity index (χ2v) is 8.34. The maximum Gasteiger partial charge on any atom is 0.246 e. The summed E-state index contributed by atoms with van der Waals surface area (Å²) in [6, 6.07) is 5.93. The van der Waals surface area contributed by atoms with Gasteiger partial charge < -0.3 is 9.47 Å². The predicted octanol–water partition coefficient (Wildman–Crippen LogP) is 1.14. The Morgan fingerprint density at radius 3 is 2.62 bits per heavy atom. The zero-order chi connectivity index (χ0) is 18.1. The first-order valence-corrected chi connectivity index (χ1v) is 10.1. The molecule has 140 valence electrons. The van der Waals surface area contributed by atoms with Gasteiger partial charge in [-0.2, -0.15) is 9.40 Å². The van der Waals surface area contributed by atoms with E-state index in [1.54, 1.807) is 15.2 Å². The van der Waals surface area contributed by atoms with Crippen LogP contribution in [0.1, 0.15) is 12.5 Å². The van der Waals surface area contributed by atoms with Crippen LogP contribution in [0.3, 0.4) is 0 Å². The molecular weight excluding hydrogens is 356 g/mol. The molecule has 2 aliphatic rings. The molecule has 0 saturated carbocycles. The van der Waals surface area contributed by atoms with Crippen LogP contribution in [0.4, 0.5) is 0 Å². The fourth-order valence-corrected chi connectivity index (χ4v) is 4.60. The second kappa shape index (κ2) is 6.90. The molecule has 2 aromatic rings. The summed E-state index contributed by atoms with van der Waals surface area (Å²) in [6.45, 7) is 5.94. The summed E-state index contributed by atoms with van der Waals surface area (Å²) >= 11 is 0. The van der Waals surface area contributed by atoms with Crippen molar-refractivity contribution in [3.8, 4) is 11.5 Å². The van der Waals surface area contributed by atoms with Gasteiger partial charge in [-0.3, -0.25) is 9.58 Å². The van der Waals surface area contributed by atoms with E-state index in [2.05, 4.69) is 10.00 Å². The molecule has 0 radical (unpaired) electrons. The summed E-state index contributed by atoms with van der Waals surface area (Å²) < 4.78 is 39.4. The highest BCUT2D eigenvalue weighted by Gasteiger charge is 2.29. The van der Waals surface area contributed by atoms with Gasteiger partial charge in [-0.05, 0) is 24.6 Å². The third-order valence-electron chi connectivity index (χ3n) is 4.75. The molecule has 4 rings (SSSR count). The van der Waals surface area contributed by atoms with Crippen LogP contribution >= 0.6 is 0 Å². The van der Waals surface area contributed by atoms with Gasteiger partial charge in [0.15, 0.2) is 11.5 Å². The molecule has 0 amide bonds. The monoisotopic (exact) mass is 378 g/mol. The Balaban J connectivity index is 1.38. The molecule has 2 aliphatic heterocycles. The third-order valence-corrected chi connectivity index (χ3v) is 6.60. The number of sulfonamides is 1. The molecule has 1 fully saturated rings. The average Bonchev–Trinajstić information content (AvgIpc) is 3.31. The van der Waals surface area contributed by atoms with E-state index < -0.39 is 10.0 Å². The fourth-order valence-electron chi connectivity index (χ4n) is 3.23. The zero-order valence-corrected chi connectivity index (χ0v) is 15.5.